The minimum atomic E-state index is 0.0609. The highest BCUT2D eigenvalue weighted by atomic mass is 35.5. The van der Waals surface area contributed by atoms with Gasteiger partial charge in [0.25, 0.3) is 0 Å². The van der Waals surface area contributed by atoms with Crippen molar-refractivity contribution in [2.75, 3.05) is 11.9 Å². The van der Waals surface area contributed by atoms with Crippen molar-refractivity contribution in [2.45, 2.75) is 51.8 Å². The highest BCUT2D eigenvalue weighted by Gasteiger charge is 2.07. The van der Waals surface area contributed by atoms with Gasteiger partial charge in [-0.3, -0.25) is 4.79 Å². The predicted molar refractivity (Wildman–Crippen MR) is 84.6 cm³/mol. The number of benzene rings is 1. The molecule has 0 aromatic heterocycles. The standard InChI is InChI=1S/C16H24ClNO2/c1-3-5-6-7-8-16(19)18-14-9-10-15(20-4-2)13(11-14)12-17/h9-11H,3-8,12H2,1-2H3,(H,18,19). The van der Waals surface area contributed by atoms with Gasteiger partial charge in [0.1, 0.15) is 5.75 Å². The maximum atomic E-state index is 11.8. The zero-order valence-electron chi connectivity index (χ0n) is 12.4. The molecule has 0 heterocycles. The topological polar surface area (TPSA) is 38.3 Å². The Balaban J connectivity index is 2.52. The summed E-state index contributed by atoms with van der Waals surface area (Å²) < 4.78 is 5.48. The molecule has 0 aliphatic heterocycles. The highest BCUT2D eigenvalue weighted by molar-refractivity contribution is 6.17. The molecule has 0 aliphatic rings. The van der Waals surface area contributed by atoms with Crippen molar-refractivity contribution in [3.05, 3.63) is 23.8 Å². The Bertz CT molecular complexity index is 421. The zero-order chi connectivity index (χ0) is 14.8. The van der Waals surface area contributed by atoms with E-state index in [4.69, 9.17) is 16.3 Å². The number of carbonyl (C=O) groups is 1. The first kappa shape index (κ1) is 16.8. The van der Waals surface area contributed by atoms with E-state index in [-0.39, 0.29) is 5.91 Å². The molecule has 0 aliphatic carbocycles. The number of hydrogen-bond acceptors (Lipinski definition) is 2. The first-order chi connectivity index (χ1) is 9.71. The van der Waals surface area contributed by atoms with Crippen LogP contribution in [0.4, 0.5) is 5.69 Å². The van der Waals surface area contributed by atoms with Crippen molar-refractivity contribution >= 4 is 23.2 Å². The molecule has 1 N–H and O–H groups in total. The van der Waals surface area contributed by atoms with Crippen LogP contribution in [0.15, 0.2) is 18.2 Å². The fraction of sp³-hybridized carbons (Fsp3) is 0.562. The molecule has 0 atom stereocenters. The van der Waals surface area contributed by atoms with Crippen LogP contribution >= 0.6 is 11.6 Å². The molecule has 1 rings (SSSR count). The second-order valence-corrected chi connectivity index (χ2v) is 5.02. The Morgan fingerprint density at radius 2 is 2.05 bits per heavy atom. The van der Waals surface area contributed by atoms with Crippen LogP contribution < -0.4 is 10.1 Å². The number of rotatable bonds is 9. The monoisotopic (exact) mass is 297 g/mol. The van der Waals surface area contributed by atoms with E-state index in [1.807, 2.05) is 25.1 Å². The number of amides is 1. The molecule has 0 saturated carbocycles. The zero-order valence-corrected chi connectivity index (χ0v) is 13.1. The third kappa shape index (κ3) is 5.83. The number of ether oxygens (including phenoxy) is 1. The van der Waals surface area contributed by atoms with Gasteiger partial charge in [0, 0.05) is 17.7 Å². The minimum absolute atomic E-state index is 0.0609. The summed E-state index contributed by atoms with van der Waals surface area (Å²) in [5.41, 5.74) is 1.68. The van der Waals surface area contributed by atoms with Crippen molar-refractivity contribution in [2.24, 2.45) is 0 Å². The van der Waals surface area contributed by atoms with Crippen LogP contribution in [0.2, 0.25) is 0 Å². The van der Waals surface area contributed by atoms with E-state index >= 15 is 0 Å². The van der Waals surface area contributed by atoms with Crippen LogP contribution in [0.25, 0.3) is 0 Å². The molecule has 0 spiro atoms. The van der Waals surface area contributed by atoms with Gasteiger partial charge < -0.3 is 10.1 Å². The maximum Gasteiger partial charge on any atom is 0.224 e. The molecule has 1 aromatic rings. The Labute approximate surface area is 126 Å². The minimum Gasteiger partial charge on any atom is -0.494 e. The van der Waals surface area contributed by atoms with Gasteiger partial charge >= 0.3 is 0 Å². The molecule has 3 nitrogen and oxygen atoms in total. The van der Waals surface area contributed by atoms with Gasteiger partial charge in [-0.1, -0.05) is 26.2 Å². The highest BCUT2D eigenvalue weighted by Crippen LogP contribution is 2.24. The first-order valence-electron chi connectivity index (χ1n) is 7.32. The number of hydrogen-bond donors (Lipinski definition) is 1. The number of nitrogens with one attached hydrogen (secondary N) is 1. The van der Waals surface area contributed by atoms with Crippen LogP contribution in [-0.4, -0.2) is 12.5 Å². The second kappa shape index (κ2) is 9.65. The second-order valence-electron chi connectivity index (χ2n) is 4.75. The van der Waals surface area contributed by atoms with Crippen molar-refractivity contribution in [3.63, 3.8) is 0 Å². The lowest BCUT2D eigenvalue weighted by Crippen LogP contribution is -2.11. The predicted octanol–water partition coefficient (Wildman–Crippen LogP) is 4.73. The summed E-state index contributed by atoms with van der Waals surface area (Å²) in [7, 11) is 0. The molecule has 0 saturated heterocycles. The van der Waals surface area contributed by atoms with Crippen LogP contribution in [0.1, 0.15) is 51.5 Å². The SMILES string of the molecule is CCCCCCC(=O)Nc1ccc(OCC)c(CCl)c1. The van der Waals surface area contributed by atoms with E-state index in [1.54, 1.807) is 0 Å². The molecule has 0 radical (unpaired) electrons. The Hall–Kier alpha value is -1.22. The van der Waals surface area contributed by atoms with Crippen LogP contribution in [0.5, 0.6) is 5.75 Å². The average molecular weight is 298 g/mol. The van der Waals surface area contributed by atoms with Crippen LogP contribution in [-0.2, 0) is 10.7 Å². The number of halogens is 1. The summed E-state index contributed by atoms with van der Waals surface area (Å²) in [6.45, 7) is 4.70. The largest absolute Gasteiger partial charge is 0.494 e. The van der Waals surface area contributed by atoms with Gasteiger partial charge in [0.15, 0.2) is 0 Å². The molecule has 20 heavy (non-hydrogen) atoms. The Morgan fingerprint density at radius 3 is 2.70 bits per heavy atom. The summed E-state index contributed by atoms with van der Waals surface area (Å²) in [6, 6.07) is 5.58. The number of unbranched alkanes of at least 4 members (excludes halogenated alkanes) is 3. The molecule has 0 bridgehead atoms. The molecule has 0 unspecified atom stereocenters. The van der Waals surface area contributed by atoms with Gasteiger partial charge in [-0.25, -0.2) is 0 Å². The molecular weight excluding hydrogens is 274 g/mol. The van der Waals surface area contributed by atoms with Crippen molar-refractivity contribution in [1.29, 1.82) is 0 Å². The van der Waals surface area contributed by atoms with Crippen molar-refractivity contribution in [1.82, 2.24) is 0 Å². The molecule has 1 aromatic carbocycles. The summed E-state index contributed by atoms with van der Waals surface area (Å²) in [5, 5.41) is 2.91. The molecular formula is C16H24ClNO2. The number of alkyl halides is 1. The van der Waals surface area contributed by atoms with E-state index < -0.39 is 0 Å². The fourth-order valence-corrected chi connectivity index (χ4v) is 2.20. The smallest absolute Gasteiger partial charge is 0.224 e. The lowest BCUT2D eigenvalue weighted by molar-refractivity contribution is -0.116. The van der Waals surface area contributed by atoms with E-state index in [2.05, 4.69) is 12.2 Å². The van der Waals surface area contributed by atoms with E-state index in [9.17, 15) is 4.79 Å². The Kier molecular flexibility index (Phi) is 8.12. The quantitative estimate of drug-likeness (QED) is 0.528. The molecule has 0 fully saturated rings. The normalized spacial score (nSPS) is 10.3. The number of anilines is 1. The molecule has 112 valence electrons. The van der Waals surface area contributed by atoms with E-state index in [0.717, 1.165) is 29.8 Å². The van der Waals surface area contributed by atoms with Gasteiger partial charge in [-0.2, -0.15) is 0 Å². The van der Waals surface area contributed by atoms with Crippen LogP contribution in [0.3, 0.4) is 0 Å². The maximum absolute atomic E-state index is 11.8. The Morgan fingerprint density at radius 1 is 1.25 bits per heavy atom. The van der Waals surface area contributed by atoms with Gasteiger partial charge in [-0.15, -0.1) is 11.6 Å². The third-order valence-corrected chi connectivity index (χ3v) is 3.33. The molecule has 4 heteroatoms. The lowest BCUT2D eigenvalue weighted by atomic mass is 10.1. The lowest BCUT2D eigenvalue weighted by Gasteiger charge is -2.11. The summed E-state index contributed by atoms with van der Waals surface area (Å²) in [4.78, 5) is 11.8. The van der Waals surface area contributed by atoms with Gasteiger partial charge in [0.2, 0.25) is 5.91 Å². The summed E-state index contributed by atoms with van der Waals surface area (Å²) in [6.07, 6.45) is 4.99. The first-order valence-corrected chi connectivity index (χ1v) is 7.86. The van der Waals surface area contributed by atoms with Crippen molar-refractivity contribution in [3.8, 4) is 5.75 Å². The van der Waals surface area contributed by atoms with Crippen molar-refractivity contribution < 1.29 is 9.53 Å². The fourth-order valence-electron chi connectivity index (χ4n) is 1.99. The van der Waals surface area contributed by atoms with E-state index in [1.165, 1.54) is 12.8 Å². The van der Waals surface area contributed by atoms with Gasteiger partial charge in [0.05, 0.1) is 12.5 Å². The summed E-state index contributed by atoms with van der Waals surface area (Å²) in [5.74, 6) is 1.21. The van der Waals surface area contributed by atoms with E-state index in [0.29, 0.717) is 18.9 Å². The van der Waals surface area contributed by atoms with Crippen LogP contribution in [0, 0.1) is 0 Å². The third-order valence-electron chi connectivity index (χ3n) is 3.05. The summed E-state index contributed by atoms with van der Waals surface area (Å²) >= 11 is 5.90. The average Bonchev–Trinajstić information content (AvgIpc) is 2.45. The molecule has 1 amide bonds. The number of carbonyl (C=O) groups excluding carboxylic acids is 1. The van der Waals surface area contributed by atoms with Gasteiger partial charge in [-0.05, 0) is 31.5 Å².